The van der Waals surface area contributed by atoms with E-state index in [1.54, 1.807) is 12.1 Å². The third kappa shape index (κ3) is 10.8. The number of hydrazine groups is 1. The maximum atomic E-state index is 12.2. The maximum absolute atomic E-state index is 12.2. The smallest absolute Gasteiger partial charge is 0.265 e. The summed E-state index contributed by atoms with van der Waals surface area (Å²) in [5, 5.41) is 3.03. The van der Waals surface area contributed by atoms with Gasteiger partial charge in [0.25, 0.3) is 5.91 Å². The second-order valence-electron chi connectivity index (χ2n) is 8.51. The fourth-order valence-corrected chi connectivity index (χ4v) is 3.84. The van der Waals surface area contributed by atoms with Gasteiger partial charge in [-0.15, -0.1) is 0 Å². The number of hydrogen-bond donors (Lipinski definition) is 3. The van der Waals surface area contributed by atoms with Gasteiger partial charge in [0, 0.05) is 37.8 Å². The molecule has 1 aromatic rings. The first-order valence-corrected chi connectivity index (χ1v) is 12.2. The first kappa shape index (κ1) is 25.3. The van der Waals surface area contributed by atoms with Crippen LogP contribution in [0.3, 0.4) is 0 Å². The van der Waals surface area contributed by atoms with Crippen molar-refractivity contribution in [3.8, 4) is 0 Å². The Bertz CT molecular complexity index is 627. The van der Waals surface area contributed by atoms with Gasteiger partial charge in [0.05, 0.1) is 0 Å². The van der Waals surface area contributed by atoms with Crippen LogP contribution >= 0.6 is 0 Å². The van der Waals surface area contributed by atoms with Crippen molar-refractivity contribution in [2.75, 3.05) is 19.8 Å². The SMILES string of the molecule is CCCCCOCCCCCNNC(=O)c1ccc(CNC(=O)C2CCCCC2)cc1. The van der Waals surface area contributed by atoms with E-state index in [0.29, 0.717) is 12.1 Å². The number of hydrogen-bond acceptors (Lipinski definition) is 4. The lowest BCUT2D eigenvalue weighted by Gasteiger charge is -2.20. The second kappa shape index (κ2) is 15.8. The highest BCUT2D eigenvalue weighted by Crippen LogP contribution is 2.23. The molecule has 0 spiro atoms. The average molecular weight is 432 g/mol. The number of benzene rings is 1. The molecule has 2 rings (SSSR count). The minimum Gasteiger partial charge on any atom is -0.381 e. The molecule has 31 heavy (non-hydrogen) atoms. The number of carbonyl (C=O) groups excluding carboxylic acids is 2. The Labute approximate surface area is 187 Å². The van der Waals surface area contributed by atoms with Crippen LogP contribution in [-0.2, 0) is 16.1 Å². The second-order valence-corrected chi connectivity index (χ2v) is 8.51. The van der Waals surface area contributed by atoms with Crippen LogP contribution in [0.2, 0.25) is 0 Å². The quantitative estimate of drug-likeness (QED) is 0.282. The van der Waals surface area contributed by atoms with E-state index in [1.165, 1.54) is 19.3 Å². The van der Waals surface area contributed by atoms with Crippen LogP contribution < -0.4 is 16.2 Å². The molecule has 0 radical (unpaired) electrons. The van der Waals surface area contributed by atoms with E-state index in [-0.39, 0.29) is 17.7 Å². The molecule has 0 heterocycles. The molecule has 1 aliphatic carbocycles. The third-order valence-electron chi connectivity index (χ3n) is 5.84. The summed E-state index contributed by atoms with van der Waals surface area (Å²) in [6, 6.07) is 7.40. The Hall–Kier alpha value is -1.92. The van der Waals surface area contributed by atoms with Crippen LogP contribution in [0.15, 0.2) is 24.3 Å². The minimum absolute atomic E-state index is 0.142. The number of nitrogens with one attached hydrogen (secondary N) is 3. The lowest BCUT2D eigenvalue weighted by molar-refractivity contribution is -0.126. The largest absolute Gasteiger partial charge is 0.381 e. The van der Waals surface area contributed by atoms with Crippen molar-refractivity contribution in [2.24, 2.45) is 5.92 Å². The molecule has 6 heteroatoms. The monoisotopic (exact) mass is 431 g/mol. The van der Waals surface area contributed by atoms with E-state index < -0.39 is 0 Å². The van der Waals surface area contributed by atoms with Gasteiger partial charge in [0.2, 0.25) is 5.91 Å². The van der Waals surface area contributed by atoms with E-state index in [2.05, 4.69) is 23.1 Å². The number of amides is 2. The van der Waals surface area contributed by atoms with Gasteiger partial charge in [-0.05, 0) is 56.2 Å². The molecule has 3 N–H and O–H groups in total. The van der Waals surface area contributed by atoms with Gasteiger partial charge in [-0.2, -0.15) is 0 Å². The van der Waals surface area contributed by atoms with Crippen molar-refractivity contribution in [3.05, 3.63) is 35.4 Å². The van der Waals surface area contributed by atoms with Crippen LogP contribution in [-0.4, -0.2) is 31.6 Å². The van der Waals surface area contributed by atoms with Crippen LogP contribution in [0.25, 0.3) is 0 Å². The first-order valence-electron chi connectivity index (χ1n) is 12.2. The van der Waals surface area contributed by atoms with Gasteiger partial charge in [-0.25, -0.2) is 5.43 Å². The minimum atomic E-state index is -0.142. The molecule has 6 nitrogen and oxygen atoms in total. The molecule has 0 unspecified atom stereocenters. The van der Waals surface area contributed by atoms with Gasteiger partial charge >= 0.3 is 0 Å². The number of rotatable bonds is 15. The van der Waals surface area contributed by atoms with Crippen molar-refractivity contribution in [1.29, 1.82) is 0 Å². The number of unbranched alkanes of at least 4 members (excludes halogenated alkanes) is 4. The molecule has 0 saturated heterocycles. The Kier molecular flexibility index (Phi) is 12.9. The number of ether oxygens (including phenoxy) is 1. The van der Waals surface area contributed by atoms with Gasteiger partial charge in [0.1, 0.15) is 0 Å². The zero-order chi connectivity index (χ0) is 22.2. The molecule has 1 fully saturated rings. The van der Waals surface area contributed by atoms with Crippen molar-refractivity contribution >= 4 is 11.8 Å². The average Bonchev–Trinajstić information content (AvgIpc) is 2.81. The standard InChI is InChI=1S/C25H41N3O3/c1-2-3-9-18-31-19-10-5-8-17-27-28-25(30)23-15-13-21(14-16-23)20-26-24(29)22-11-6-4-7-12-22/h13-16,22,27H,2-12,17-20H2,1H3,(H,26,29)(H,28,30). The predicted molar refractivity (Wildman–Crippen MR) is 125 cm³/mol. The molecule has 1 saturated carbocycles. The molecule has 2 amide bonds. The lowest BCUT2D eigenvalue weighted by atomic mass is 9.88. The zero-order valence-corrected chi connectivity index (χ0v) is 19.2. The lowest BCUT2D eigenvalue weighted by Crippen LogP contribution is -2.37. The van der Waals surface area contributed by atoms with Gasteiger partial charge in [0.15, 0.2) is 0 Å². The zero-order valence-electron chi connectivity index (χ0n) is 19.2. The summed E-state index contributed by atoms with van der Waals surface area (Å²) in [5.74, 6) is 0.189. The summed E-state index contributed by atoms with van der Waals surface area (Å²) >= 11 is 0. The Balaban J connectivity index is 1.52. The third-order valence-corrected chi connectivity index (χ3v) is 5.84. The summed E-state index contributed by atoms with van der Waals surface area (Å²) < 4.78 is 5.60. The fraction of sp³-hybridized carbons (Fsp3) is 0.680. The van der Waals surface area contributed by atoms with Crippen LogP contribution in [0.4, 0.5) is 0 Å². The summed E-state index contributed by atoms with van der Waals surface area (Å²) in [7, 11) is 0. The molecular weight excluding hydrogens is 390 g/mol. The summed E-state index contributed by atoms with van der Waals surface area (Å²) in [6.07, 6.45) is 12.3. The van der Waals surface area contributed by atoms with E-state index in [9.17, 15) is 9.59 Å². The summed E-state index contributed by atoms with van der Waals surface area (Å²) in [6.45, 7) is 5.14. The number of carbonyl (C=O) groups is 2. The molecule has 0 atom stereocenters. The van der Waals surface area contributed by atoms with Crippen molar-refractivity contribution in [3.63, 3.8) is 0 Å². The summed E-state index contributed by atoms with van der Waals surface area (Å²) in [5.41, 5.74) is 7.36. The Morgan fingerprint density at radius 2 is 1.65 bits per heavy atom. The molecule has 0 aliphatic heterocycles. The van der Waals surface area contributed by atoms with Crippen molar-refractivity contribution < 1.29 is 14.3 Å². The molecule has 1 aliphatic rings. The van der Waals surface area contributed by atoms with E-state index in [4.69, 9.17) is 4.74 Å². The van der Waals surface area contributed by atoms with Crippen LogP contribution in [0, 0.1) is 5.92 Å². The van der Waals surface area contributed by atoms with Gasteiger partial charge in [-0.3, -0.25) is 15.0 Å². The van der Waals surface area contributed by atoms with Gasteiger partial charge in [-0.1, -0.05) is 51.2 Å². The molecule has 1 aromatic carbocycles. The van der Waals surface area contributed by atoms with Crippen LogP contribution in [0.1, 0.15) is 93.5 Å². The highest BCUT2D eigenvalue weighted by Gasteiger charge is 2.20. The normalized spacial score (nSPS) is 14.4. The van der Waals surface area contributed by atoms with Crippen molar-refractivity contribution in [1.82, 2.24) is 16.2 Å². The van der Waals surface area contributed by atoms with E-state index in [1.807, 2.05) is 12.1 Å². The predicted octanol–water partition coefficient (Wildman–Crippen LogP) is 4.49. The molecule has 0 aromatic heterocycles. The molecule has 0 bridgehead atoms. The maximum Gasteiger partial charge on any atom is 0.265 e. The topological polar surface area (TPSA) is 79.5 Å². The van der Waals surface area contributed by atoms with E-state index >= 15 is 0 Å². The Morgan fingerprint density at radius 3 is 2.35 bits per heavy atom. The fourth-order valence-electron chi connectivity index (χ4n) is 3.84. The first-order chi connectivity index (χ1) is 15.2. The highest BCUT2D eigenvalue weighted by atomic mass is 16.5. The molecule has 174 valence electrons. The molecular formula is C25H41N3O3. The van der Waals surface area contributed by atoms with Crippen molar-refractivity contribution in [2.45, 2.75) is 84.1 Å². The van der Waals surface area contributed by atoms with Crippen LogP contribution in [0.5, 0.6) is 0 Å². The summed E-state index contributed by atoms with van der Waals surface area (Å²) in [4.78, 5) is 24.5. The Morgan fingerprint density at radius 1 is 0.935 bits per heavy atom. The highest BCUT2D eigenvalue weighted by molar-refractivity contribution is 5.93. The van der Waals surface area contributed by atoms with E-state index in [0.717, 1.165) is 76.7 Å². The van der Waals surface area contributed by atoms with Gasteiger partial charge < -0.3 is 10.1 Å².